The molecule has 18 heavy (non-hydrogen) atoms. The van der Waals surface area contributed by atoms with Crippen LogP contribution in [0.25, 0.3) is 0 Å². The smallest absolute Gasteiger partial charge is 0.188 e. The normalized spacial score (nSPS) is 29.0. The van der Waals surface area contributed by atoms with Crippen LogP contribution in [0.3, 0.4) is 0 Å². The highest BCUT2D eigenvalue weighted by molar-refractivity contribution is 14.0. The van der Waals surface area contributed by atoms with Crippen molar-refractivity contribution in [3.05, 3.63) is 12.7 Å². The molecule has 4 nitrogen and oxygen atoms in total. The number of nitrogens with zero attached hydrogens (tertiary/aromatic N) is 1. The third-order valence-corrected chi connectivity index (χ3v) is 3.70. The summed E-state index contributed by atoms with van der Waals surface area (Å²) in [6, 6.07) is 0.536. The number of aliphatic imine (C=N–C) groups is 1. The molecular weight excluding hydrogens is 341 g/mol. The third-order valence-electron chi connectivity index (χ3n) is 3.70. The van der Waals surface area contributed by atoms with E-state index in [0.29, 0.717) is 17.9 Å². The fourth-order valence-electron chi connectivity index (χ4n) is 2.65. The summed E-state index contributed by atoms with van der Waals surface area (Å²) in [6.07, 6.45) is 8.12. The van der Waals surface area contributed by atoms with Gasteiger partial charge in [0.15, 0.2) is 5.96 Å². The van der Waals surface area contributed by atoms with Gasteiger partial charge in [-0.25, -0.2) is 0 Å². The Morgan fingerprint density at radius 1 is 1.39 bits per heavy atom. The summed E-state index contributed by atoms with van der Waals surface area (Å²) in [5.74, 6) is 1.03. The Morgan fingerprint density at radius 2 is 2.11 bits per heavy atom. The molecule has 1 saturated heterocycles. The molecule has 3 N–H and O–H groups in total. The fourth-order valence-corrected chi connectivity index (χ4v) is 2.65. The fraction of sp³-hybridized carbons (Fsp3) is 0.769. The molecule has 1 aliphatic heterocycles. The number of halogens is 1. The topological polar surface area (TPSA) is 59.6 Å². The van der Waals surface area contributed by atoms with Crippen molar-refractivity contribution in [2.24, 2.45) is 16.6 Å². The lowest BCUT2D eigenvalue weighted by atomic mass is 10.0. The molecule has 2 fully saturated rings. The molecule has 2 rings (SSSR count). The van der Waals surface area contributed by atoms with Crippen LogP contribution in [0.5, 0.6) is 0 Å². The second-order valence-corrected chi connectivity index (χ2v) is 4.97. The van der Waals surface area contributed by atoms with Gasteiger partial charge < -0.3 is 15.8 Å². The summed E-state index contributed by atoms with van der Waals surface area (Å²) < 4.78 is 5.53. The number of hydrogen-bond acceptors (Lipinski definition) is 2. The number of nitrogens with two attached hydrogens (primary N) is 1. The van der Waals surface area contributed by atoms with E-state index in [-0.39, 0.29) is 30.1 Å². The van der Waals surface area contributed by atoms with Crippen molar-refractivity contribution in [3.63, 3.8) is 0 Å². The molecule has 1 saturated carbocycles. The molecule has 0 amide bonds. The highest BCUT2D eigenvalue weighted by Crippen LogP contribution is 2.22. The Bertz CT molecular complexity index is 290. The molecule has 0 aromatic rings. The van der Waals surface area contributed by atoms with Gasteiger partial charge in [0.25, 0.3) is 0 Å². The highest BCUT2D eigenvalue weighted by Gasteiger charge is 2.25. The average Bonchev–Trinajstić information content (AvgIpc) is 2.96. The largest absolute Gasteiger partial charge is 0.374 e. The summed E-state index contributed by atoms with van der Waals surface area (Å²) >= 11 is 0. The van der Waals surface area contributed by atoms with E-state index in [1.807, 2.05) is 6.08 Å². The van der Waals surface area contributed by atoms with E-state index in [2.05, 4.69) is 16.9 Å². The predicted molar refractivity (Wildman–Crippen MR) is 85.3 cm³/mol. The highest BCUT2D eigenvalue weighted by atomic mass is 127. The van der Waals surface area contributed by atoms with Gasteiger partial charge in [-0.3, -0.25) is 4.99 Å². The van der Waals surface area contributed by atoms with E-state index in [9.17, 15) is 0 Å². The average molecular weight is 365 g/mol. The maximum absolute atomic E-state index is 5.89. The number of rotatable bonds is 4. The second-order valence-electron chi connectivity index (χ2n) is 4.97. The summed E-state index contributed by atoms with van der Waals surface area (Å²) in [5, 5.41) is 3.30. The maximum Gasteiger partial charge on any atom is 0.188 e. The van der Waals surface area contributed by atoms with Crippen LogP contribution in [0, 0.1) is 5.92 Å². The predicted octanol–water partition coefficient (Wildman–Crippen LogP) is 2.04. The lowest BCUT2D eigenvalue weighted by molar-refractivity contribution is 0.129. The molecule has 0 aromatic heterocycles. The van der Waals surface area contributed by atoms with Crippen molar-refractivity contribution >= 4 is 29.9 Å². The van der Waals surface area contributed by atoms with Crippen molar-refractivity contribution < 1.29 is 4.74 Å². The minimum Gasteiger partial charge on any atom is -0.374 e. The number of guanidine groups is 1. The number of hydrogen-bond donors (Lipinski definition) is 2. The van der Waals surface area contributed by atoms with Crippen molar-refractivity contribution in [2.75, 3.05) is 13.2 Å². The van der Waals surface area contributed by atoms with Crippen molar-refractivity contribution in [3.8, 4) is 0 Å². The van der Waals surface area contributed by atoms with Crippen LogP contribution in [-0.4, -0.2) is 31.3 Å². The van der Waals surface area contributed by atoms with Crippen molar-refractivity contribution in [2.45, 2.75) is 44.2 Å². The first-order valence-electron chi connectivity index (χ1n) is 6.60. The summed E-state index contributed by atoms with van der Waals surface area (Å²) in [4.78, 5) is 4.42. The van der Waals surface area contributed by atoms with Gasteiger partial charge >= 0.3 is 0 Å². The standard InChI is InChI=1S/C13H23N3O.HI/c1-2-12-10(7-8-17-12)9-15-13(14)16-11-5-3-4-6-11;/h2,10-12H,1,3-9H2,(H3,14,15,16);1H/t10-,12-;/m0./s1. The Labute approximate surface area is 126 Å². The summed E-state index contributed by atoms with van der Waals surface area (Å²) in [5.41, 5.74) is 5.89. The van der Waals surface area contributed by atoms with Gasteiger partial charge in [0.1, 0.15) is 0 Å². The molecule has 0 aromatic carbocycles. The van der Waals surface area contributed by atoms with Crippen LogP contribution in [0.15, 0.2) is 17.6 Å². The van der Waals surface area contributed by atoms with E-state index < -0.39 is 0 Å². The molecule has 0 unspecified atom stereocenters. The first kappa shape index (κ1) is 15.8. The minimum absolute atomic E-state index is 0. The number of nitrogens with one attached hydrogen (secondary N) is 1. The molecule has 0 spiro atoms. The monoisotopic (exact) mass is 365 g/mol. The molecule has 2 aliphatic rings. The van der Waals surface area contributed by atoms with Gasteiger partial charge in [0, 0.05) is 25.1 Å². The van der Waals surface area contributed by atoms with Crippen LogP contribution in [-0.2, 0) is 4.74 Å². The van der Waals surface area contributed by atoms with Gasteiger partial charge in [-0.15, -0.1) is 30.6 Å². The summed E-state index contributed by atoms with van der Waals surface area (Å²) in [6.45, 7) is 5.33. The molecule has 104 valence electrons. The molecule has 1 aliphatic carbocycles. The maximum atomic E-state index is 5.89. The lowest BCUT2D eigenvalue weighted by Crippen LogP contribution is -2.39. The Hall–Kier alpha value is -0.300. The Kier molecular flexibility index (Phi) is 6.99. The van der Waals surface area contributed by atoms with Crippen molar-refractivity contribution in [1.29, 1.82) is 0 Å². The van der Waals surface area contributed by atoms with Gasteiger partial charge in [0.05, 0.1) is 6.10 Å². The van der Waals surface area contributed by atoms with Crippen LogP contribution in [0.1, 0.15) is 32.1 Å². The van der Waals surface area contributed by atoms with Gasteiger partial charge in [-0.2, -0.15) is 0 Å². The zero-order chi connectivity index (χ0) is 12.1. The van der Waals surface area contributed by atoms with Gasteiger partial charge in [0.2, 0.25) is 0 Å². The zero-order valence-electron chi connectivity index (χ0n) is 10.8. The van der Waals surface area contributed by atoms with E-state index >= 15 is 0 Å². The van der Waals surface area contributed by atoms with E-state index in [1.165, 1.54) is 25.7 Å². The third kappa shape index (κ3) is 4.42. The molecular formula is C13H24IN3O. The Balaban J connectivity index is 0.00000162. The lowest BCUT2D eigenvalue weighted by Gasteiger charge is -2.15. The van der Waals surface area contributed by atoms with Gasteiger partial charge in [-0.05, 0) is 19.3 Å². The van der Waals surface area contributed by atoms with E-state index in [1.54, 1.807) is 0 Å². The first-order valence-corrected chi connectivity index (χ1v) is 6.60. The Morgan fingerprint density at radius 3 is 2.78 bits per heavy atom. The quantitative estimate of drug-likeness (QED) is 0.347. The second kappa shape index (κ2) is 7.99. The number of ether oxygens (including phenoxy) is 1. The first-order chi connectivity index (χ1) is 8.29. The van der Waals surface area contributed by atoms with Crippen molar-refractivity contribution in [1.82, 2.24) is 5.32 Å². The van der Waals surface area contributed by atoms with E-state index in [0.717, 1.165) is 19.6 Å². The molecule has 5 heteroatoms. The van der Waals surface area contributed by atoms with Crippen LogP contribution in [0.2, 0.25) is 0 Å². The van der Waals surface area contributed by atoms with Crippen LogP contribution < -0.4 is 11.1 Å². The molecule has 0 radical (unpaired) electrons. The SMILES string of the molecule is C=C[C@@H]1OCC[C@H]1CN=C(N)NC1CCCC1.I. The van der Waals surface area contributed by atoms with E-state index in [4.69, 9.17) is 10.5 Å². The van der Waals surface area contributed by atoms with Crippen LogP contribution >= 0.6 is 24.0 Å². The molecule has 2 atom stereocenters. The van der Waals surface area contributed by atoms with Crippen LogP contribution in [0.4, 0.5) is 0 Å². The zero-order valence-corrected chi connectivity index (χ0v) is 13.1. The molecule has 0 bridgehead atoms. The molecule has 1 heterocycles. The summed E-state index contributed by atoms with van der Waals surface area (Å²) in [7, 11) is 0. The van der Waals surface area contributed by atoms with Gasteiger partial charge in [-0.1, -0.05) is 18.9 Å². The minimum atomic E-state index is 0.